The van der Waals surface area contributed by atoms with Crippen LogP contribution in [0.1, 0.15) is 22.9 Å². The van der Waals surface area contributed by atoms with Gasteiger partial charge in [0.25, 0.3) is 6.47 Å². The number of thiophene rings is 1. The molecule has 0 aromatic carbocycles. The van der Waals surface area contributed by atoms with E-state index in [2.05, 4.69) is 10.1 Å². The number of aromatic nitrogens is 3. The molecule has 0 aliphatic carbocycles. The molecular formula is C14H10F3N3O2S. The molecule has 0 radical (unpaired) electrons. The van der Waals surface area contributed by atoms with E-state index in [1.165, 1.54) is 17.5 Å². The van der Waals surface area contributed by atoms with Crippen LogP contribution in [0.25, 0.3) is 10.1 Å². The Balaban J connectivity index is 1.99. The third kappa shape index (κ3) is 3.04. The zero-order valence-electron chi connectivity index (χ0n) is 11.5. The van der Waals surface area contributed by atoms with Crippen LogP contribution in [0.5, 0.6) is 0 Å². The number of alkyl halides is 3. The van der Waals surface area contributed by atoms with E-state index in [0.717, 1.165) is 16.3 Å². The number of hydrogen-bond donors (Lipinski definition) is 1. The number of nitrogens with one attached hydrogen (secondary N) is 1. The molecule has 1 N–H and O–H groups in total. The maximum absolute atomic E-state index is 12.9. The summed E-state index contributed by atoms with van der Waals surface area (Å²) in [6, 6.07) is 1.82. The highest BCUT2D eigenvalue weighted by atomic mass is 32.1. The first-order valence-corrected chi connectivity index (χ1v) is 7.38. The SMILES string of the molecule is O=COC(Cc1cn[nH]c1C(F)(F)F)c1cncc2sccc12. The van der Waals surface area contributed by atoms with Crippen molar-refractivity contribution in [2.75, 3.05) is 0 Å². The zero-order chi connectivity index (χ0) is 16.4. The maximum atomic E-state index is 12.9. The molecule has 3 aromatic rings. The summed E-state index contributed by atoms with van der Waals surface area (Å²) in [4.78, 5) is 14.8. The minimum Gasteiger partial charge on any atom is -0.459 e. The molecule has 0 bridgehead atoms. The molecule has 0 amide bonds. The average Bonchev–Trinajstić information content (AvgIpc) is 3.14. The van der Waals surface area contributed by atoms with Crippen molar-refractivity contribution in [1.29, 1.82) is 0 Å². The van der Waals surface area contributed by atoms with Crippen LogP contribution in [-0.4, -0.2) is 21.7 Å². The second-order valence-electron chi connectivity index (χ2n) is 4.75. The van der Waals surface area contributed by atoms with Gasteiger partial charge in [0.15, 0.2) is 0 Å². The fourth-order valence-corrected chi connectivity index (χ4v) is 3.17. The fourth-order valence-electron chi connectivity index (χ4n) is 2.38. The molecule has 0 saturated heterocycles. The van der Waals surface area contributed by atoms with Crippen molar-refractivity contribution in [1.82, 2.24) is 15.2 Å². The van der Waals surface area contributed by atoms with Gasteiger partial charge in [-0.3, -0.25) is 14.9 Å². The van der Waals surface area contributed by atoms with Crippen molar-refractivity contribution < 1.29 is 22.7 Å². The van der Waals surface area contributed by atoms with E-state index in [1.807, 2.05) is 16.5 Å². The summed E-state index contributed by atoms with van der Waals surface area (Å²) in [5.74, 6) is 0. The van der Waals surface area contributed by atoms with E-state index in [1.54, 1.807) is 6.20 Å². The molecule has 3 aromatic heterocycles. The summed E-state index contributed by atoms with van der Waals surface area (Å²) in [6.45, 7) is 0.225. The number of carbonyl (C=O) groups excluding carboxylic acids is 1. The Morgan fingerprint density at radius 1 is 1.35 bits per heavy atom. The first kappa shape index (κ1) is 15.5. The van der Waals surface area contributed by atoms with E-state index in [-0.39, 0.29) is 18.5 Å². The van der Waals surface area contributed by atoms with Crippen LogP contribution >= 0.6 is 11.3 Å². The van der Waals surface area contributed by atoms with Crippen LogP contribution in [-0.2, 0) is 22.1 Å². The van der Waals surface area contributed by atoms with Crippen LogP contribution in [0, 0.1) is 0 Å². The van der Waals surface area contributed by atoms with Gasteiger partial charge in [0, 0.05) is 35.3 Å². The predicted octanol–water partition coefficient (Wildman–Crippen LogP) is 3.50. The van der Waals surface area contributed by atoms with Gasteiger partial charge in [0.2, 0.25) is 0 Å². The summed E-state index contributed by atoms with van der Waals surface area (Å²) in [7, 11) is 0. The van der Waals surface area contributed by atoms with Crippen molar-refractivity contribution in [3.05, 3.63) is 46.9 Å². The smallest absolute Gasteiger partial charge is 0.433 e. The Morgan fingerprint density at radius 3 is 2.91 bits per heavy atom. The average molecular weight is 341 g/mol. The molecule has 9 heteroatoms. The van der Waals surface area contributed by atoms with Gasteiger partial charge in [-0.15, -0.1) is 11.3 Å². The van der Waals surface area contributed by atoms with Crippen LogP contribution < -0.4 is 0 Å². The molecule has 0 spiro atoms. The zero-order valence-corrected chi connectivity index (χ0v) is 12.3. The maximum Gasteiger partial charge on any atom is 0.433 e. The Kier molecular flexibility index (Phi) is 4.03. The molecule has 0 aliphatic heterocycles. The number of fused-ring (bicyclic) bond motifs is 1. The van der Waals surface area contributed by atoms with Crippen LogP contribution in [0.4, 0.5) is 13.2 Å². The lowest BCUT2D eigenvalue weighted by Crippen LogP contribution is -2.13. The first-order chi connectivity index (χ1) is 11.0. The normalized spacial score (nSPS) is 13.2. The lowest BCUT2D eigenvalue weighted by molar-refractivity contribution is -0.142. The highest BCUT2D eigenvalue weighted by molar-refractivity contribution is 7.17. The molecular weight excluding hydrogens is 331 g/mol. The van der Waals surface area contributed by atoms with E-state index in [0.29, 0.717) is 5.56 Å². The minimum atomic E-state index is -4.55. The quantitative estimate of drug-likeness (QED) is 0.721. The minimum absolute atomic E-state index is 0.0726. The number of halogens is 3. The summed E-state index contributed by atoms with van der Waals surface area (Å²) >= 11 is 1.45. The van der Waals surface area contributed by atoms with Gasteiger partial charge in [-0.25, -0.2) is 0 Å². The summed E-state index contributed by atoms with van der Waals surface area (Å²) < 4.78 is 44.7. The third-order valence-corrected chi connectivity index (χ3v) is 4.24. The Hall–Kier alpha value is -2.42. The molecule has 23 heavy (non-hydrogen) atoms. The van der Waals surface area contributed by atoms with Crippen molar-refractivity contribution in [2.45, 2.75) is 18.7 Å². The number of ether oxygens (including phenoxy) is 1. The molecule has 120 valence electrons. The Bertz CT molecular complexity index is 828. The molecule has 0 aliphatic rings. The van der Waals surface area contributed by atoms with Crippen molar-refractivity contribution in [3.63, 3.8) is 0 Å². The highest BCUT2D eigenvalue weighted by Crippen LogP contribution is 2.35. The fraction of sp³-hybridized carbons (Fsp3) is 0.214. The van der Waals surface area contributed by atoms with Crippen LogP contribution in [0.3, 0.4) is 0 Å². The molecule has 0 saturated carbocycles. The summed E-state index contributed by atoms with van der Waals surface area (Å²) in [5.41, 5.74) is -0.454. The number of carbonyl (C=O) groups is 1. The second kappa shape index (κ2) is 5.99. The Morgan fingerprint density at radius 2 is 2.17 bits per heavy atom. The van der Waals surface area contributed by atoms with E-state index < -0.39 is 18.0 Å². The predicted molar refractivity (Wildman–Crippen MR) is 76.8 cm³/mol. The van der Waals surface area contributed by atoms with Gasteiger partial charge >= 0.3 is 6.18 Å². The summed E-state index contributed by atoms with van der Waals surface area (Å²) in [6.07, 6.45) is -1.34. The lowest BCUT2D eigenvalue weighted by atomic mass is 10.0. The number of rotatable bonds is 5. The molecule has 0 fully saturated rings. The number of H-pyrrole nitrogens is 1. The first-order valence-electron chi connectivity index (χ1n) is 6.50. The van der Waals surface area contributed by atoms with E-state index >= 15 is 0 Å². The summed E-state index contributed by atoms with van der Waals surface area (Å²) in [5, 5.41) is 8.03. The number of hydrogen-bond acceptors (Lipinski definition) is 5. The highest BCUT2D eigenvalue weighted by Gasteiger charge is 2.36. The van der Waals surface area contributed by atoms with Gasteiger partial charge < -0.3 is 4.74 Å². The van der Waals surface area contributed by atoms with Gasteiger partial charge in [-0.2, -0.15) is 18.3 Å². The van der Waals surface area contributed by atoms with Crippen molar-refractivity contribution >= 4 is 27.9 Å². The van der Waals surface area contributed by atoms with Gasteiger partial charge in [0.1, 0.15) is 11.8 Å². The molecule has 5 nitrogen and oxygen atoms in total. The largest absolute Gasteiger partial charge is 0.459 e. The second-order valence-corrected chi connectivity index (χ2v) is 5.70. The van der Waals surface area contributed by atoms with E-state index in [9.17, 15) is 18.0 Å². The third-order valence-electron chi connectivity index (χ3n) is 3.38. The Labute approximate surface area is 132 Å². The lowest BCUT2D eigenvalue weighted by Gasteiger charge is -2.17. The molecule has 1 atom stereocenters. The van der Waals surface area contributed by atoms with Gasteiger partial charge in [-0.05, 0) is 11.4 Å². The topological polar surface area (TPSA) is 67.9 Å². The van der Waals surface area contributed by atoms with Crippen LogP contribution in [0.15, 0.2) is 30.0 Å². The number of aromatic amines is 1. The molecule has 3 heterocycles. The van der Waals surface area contributed by atoms with E-state index in [4.69, 9.17) is 4.74 Å². The number of pyridine rings is 1. The standard InChI is InChI=1S/C14H10F3N3O2S/c15-14(16,17)13-8(4-19-20-13)3-11(22-7-21)10-5-18-6-12-9(10)1-2-23-12/h1-2,4-7,11H,3H2,(H,19,20). The van der Waals surface area contributed by atoms with Crippen LogP contribution in [0.2, 0.25) is 0 Å². The van der Waals surface area contributed by atoms with Crippen molar-refractivity contribution in [2.24, 2.45) is 0 Å². The number of nitrogens with zero attached hydrogens (tertiary/aromatic N) is 2. The van der Waals surface area contributed by atoms with Gasteiger partial charge in [-0.1, -0.05) is 0 Å². The molecule has 1 unspecified atom stereocenters. The molecule has 3 rings (SSSR count). The monoisotopic (exact) mass is 341 g/mol. The van der Waals surface area contributed by atoms with Gasteiger partial charge in [0.05, 0.1) is 10.9 Å². The van der Waals surface area contributed by atoms with Crippen molar-refractivity contribution in [3.8, 4) is 0 Å².